The van der Waals surface area contributed by atoms with Gasteiger partial charge in [0.2, 0.25) is 11.8 Å². The molecule has 7 heteroatoms. The van der Waals surface area contributed by atoms with Crippen molar-refractivity contribution in [2.24, 2.45) is 5.41 Å². The molecule has 0 bridgehead atoms. The smallest absolute Gasteiger partial charge is 0.229 e. The van der Waals surface area contributed by atoms with E-state index in [1.807, 2.05) is 43.0 Å². The van der Waals surface area contributed by atoms with E-state index in [1.165, 1.54) is 0 Å². The highest BCUT2D eigenvalue weighted by molar-refractivity contribution is 6.31. The van der Waals surface area contributed by atoms with Crippen molar-refractivity contribution < 1.29 is 14.1 Å². The highest BCUT2D eigenvalue weighted by Crippen LogP contribution is 2.49. The van der Waals surface area contributed by atoms with Crippen LogP contribution in [-0.4, -0.2) is 47.3 Å². The molecule has 0 radical (unpaired) electrons. The molecule has 2 aromatic rings. The molecule has 1 amide bonds. The quantitative estimate of drug-likeness (QED) is 0.776. The van der Waals surface area contributed by atoms with Gasteiger partial charge < -0.3 is 14.2 Å². The highest BCUT2D eigenvalue weighted by Gasteiger charge is 2.51. The first-order valence-electron chi connectivity index (χ1n) is 9.91. The molecule has 150 valence electrons. The van der Waals surface area contributed by atoms with E-state index in [-0.39, 0.29) is 23.2 Å². The molecule has 4 rings (SSSR count). The largest absolute Gasteiger partial charge is 0.381 e. The second-order valence-corrected chi connectivity index (χ2v) is 8.62. The molecule has 6 nitrogen and oxygen atoms in total. The Morgan fingerprint density at radius 1 is 1.32 bits per heavy atom. The van der Waals surface area contributed by atoms with E-state index in [4.69, 9.17) is 20.9 Å². The summed E-state index contributed by atoms with van der Waals surface area (Å²) in [5.74, 6) is 1.72. The summed E-state index contributed by atoms with van der Waals surface area (Å²) in [6.07, 6.45) is 2.11. The number of likely N-dealkylation sites (tertiary alicyclic amines) is 1. The van der Waals surface area contributed by atoms with Gasteiger partial charge in [0.25, 0.3) is 0 Å². The lowest BCUT2D eigenvalue weighted by Crippen LogP contribution is -2.37. The summed E-state index contributed by atoms with van der Waals surface area (Å²) in [5, 5.41) is 4.91. The molecule has 1 spiro atoms. The second kappa shape index (κ2) is 7.84. The van der Waals surface area contributed by atoms with E-state index in [0.29, 0.717) is 43.6 Å². The van der Waals surface area contributed by atoms with Crippen molar-refractivity contribution in [3.05, 3.63) is 46.6 Å². The molecule has 0 saturated carbocycles. The van der Waals surface area contributed by atoms with Crippen molar-refractivity contribution in [3.8, 4) is 0 Å². The van der Waals surface area contributed by atoms with Gasteiger partial charge in [0.05, 0.1) is 6.42 Å². The van der Waals surface area contributed by atoms with Crippen molar-refractivity contribution >= 4 is 17.5 Å². The Hall–Kier alpha value is -1.92. The van der Waals surface area contributed by atoms with Crippen LogP contribution in [0.15, 0.2) is 28.8 Å². The summed E-state index contributed by atoms with van der Waals surface area (Å²) in [5.41, 5.74) is 0.812. The fourth-order valence-corrected chi connectivity index (χ4v) is 4.54. The number of aromatic nitrogens is 2. The highest BCUT2D eigenvalue weighted by atomic mass is 35.5. The Morgan fingerprint density at radius 3 is 2.75 bits per heavy atom. The van der Waals surface area contributed by atoms with Crippen molar-refractivity contribution in [2.45, 2.75) is 44.9 Å². The first kappa shape index (κ1) is 19.4. The Morgan fingerprint density at radius 2 is 2.07 bits per heavy atom. The van der Waals surface area contributed by atoms with E-state index in [2.05, 4.69) is 10.1 Å². The standard InChI is InChI=1S/C21H26ClN3O3/c1-14(2)20-23-19(24-28-20)16-12-25(13-21(16)7-9-27-10-8-21)18(26)11-15-5-3-4-6-17(15)22/h3-6,14,16H,7-13H2,1-2H3. The van der Waals surface area contributed by atoms with Crippen molar-refractivity contribution in [1.29, 1.82) is 0 Å². The summed E-state index contributed by atoms with van der Waals surface area (Å²) in [6.45, 7) is 6.80. The molecular formula is C21H26ClN3O3. The normalized spacial score (nSPS) is 21.6. The summed E-state index contributed by atoms with van der Waals surface area (Å²) in [6, 6.07) is 7.52. The van der Waals surface area contributed by atoms with Crippen LogP contribution in [-0.2, 0) is 16.0 Å². The molecule has 1 atom stereocenters. The first-order valence-corrected chi connectivity index (χ1v) is 10.3. The predicted octanol–water partition coefficient (Wildman–Crippen LogP) is 3.81. The van der Waals surface area contributed by atoms with E-state index in [9.17, 15) is 4.79 Å². The first-order chi connectivity index (χ1) is 13.5. The van der Waals surface area contributed by atoms with Crippen LogP contribution in [0.1, 0.15) is 55.8 Å². The number of rotatable bonds is 4. The number of nitrogens with zero attached hydrogens (tertiary/aromatic N) is 3. The van der Waals surface area contributed by atoms with E-state index in [0.717, 1.165) is 24.2 Å². The SMILES string of the molecule is CC(C)c1nc(C2CN(C(=O)Cc3ccccc3Cl)CC23CCOCC3)no1. The maximum absolute atomic E-state index is 13.1. The fourth-order valence-electron chi connectivity index (χ4n) is 4.34. The van der Waals surface area contributed by atoms with E-state index in [1.54, 1.807) is 0 Å². The van der Waals surface area contributed by atoms with Crippen LogP contribution in [0.5, 0.6) is 0 Å². The van der Waals surface area contributed by atoms with Crippen molar-refractivity contribution in [2.75, 3.05) is 26.3 Å². The second-order valence-electron chi connectivity index (χ2n) is 8.22. The molecule has 2 fully saturated rings. The molecule has 1 aromatic heterocycles. The monoisotopic (exact) mass is 403 g/mol. The van der Waals surface area contributed by atoms with E-state index >= 15 is 0 Å². The van der Waals surface area contributed by atoms with Crippen molar-refractivity contribution in [1.82, 2.24) is 15.0 Å². The Balaban J connectivity index is 1.57. The van der Waals surface area contributed by atoms with Crippen LogP contribution in [0.3, 0.4) is 0 Å². The lowest BCUT2D eigenvalue weighted by Gasteiger charge is -2.36. The minimum Gasteiger partial charge on any atom is -0.381 e. The molecular weight excluding hydrogens is 378 g/mol. The van der Waals surface area contributed by atoms with Crippen LogP contribution < -0.4 is 0 Å². The number of amides is 1. The molecule has 1 aromatic carbocycles. The number of ether oxygens (including phenoxy) is 1. The molecule has 2 saturated heterocycles. The average Bonchev–Trinajstić information content (AvgIpc) is 3.30. The fraction of sp³-hybridized carbons (Fsp3) is 0.571. The molecule has 0 aliphatic carbocycles. The molecule has 28 heavy (non-hydrogen) atoms. The Kier molecular flexibility index (Phi) is 5.43. The third-order valence-electron chi connectivity index (χ3n) is 6.05. The van der Waals surface area contributed by atoms with Crippen molar-refractivity contribution in [3.63, 3.8) is 0 Å². The third-order valence-corrected chi connectivity index (χ3v) is 6.42. The number of halogens is 1. The van der Waals surface area contributed by atoms with Gasteiger partial charge in [0.1, 0.15) is 0 Å². The van der Waals surface area contributed by atoms with Crippen LogP contribution >= 0.6 is 11.6 Å². The summed E-state index contributed by atoms with van der Waals surface area (Å²) >= 11 is 6.25. The van der Waals surface area contributed by atoms with Gasteiger partial charge in [-0.15, -0.1) is 0 Å². The van der Waals surface area contributed by atoms with Gasteiger partial charge in [-0.1, -0.05) is 48.8 Å². The van der Waals surface area contributed by atoms with Crippen LogP contribution in [0, 0.1) is 5.41 Å². The summed E-state index contributed by atoms with van der Waals surface area (Å²) in [4.78, 5) is 19.7. The third kappa shape index (κ3) is 3.67. The average molecular weight is 404 g/mol. The lowest BCUT2D eigenvalue weighted by atomic mass is 9.72. The minimum absolute atomic E-state index is 0.0491. The van der Waals surface area contributed by atoms with Gasteiger partial charge in [-0.2, -0.15) is 4.98 Å². The Labute approximate surface area is 170 Å². The molecule has 0 N–H and O–H groups in total. The van der Waals surface area contributed by atoms with Gasteiger partial charge >= 0.3 is 0 Å². The van der Waals surface area contributed by atoms with E-state index < -0.39 is 0 Å². The zero-order valence-corrected chi connectivity index (χ0v) is 17.1. The predicted molar refractivity (Wildman–Crippen MR) is 105 cm³/mol. The Bertz CT molecular complexity index is 845. The van der Waals surface area contributed by atoms with Gasteiger partial charge in [-0.05, 0) is 24.5 Å². The number of carbonyl (C=O) groups excluding carboxylic acids is 1. The molecule has 1 unspecified atom stereocenters. The number of hydrogen-bond donors (Lipinski definition) is 0. The number of carbonyl (C=O) groups is 1. The molecule has 3 heterocycles. The van der Waals surface area contributed by atoms with Gasteiger partial charge in [-0.3, -0.25) is 4.79 Å². The molecule has 2 aliphatic heterocycles. The minimum atomic E-state index is -0.0491. The van der Waals surface area contributed by atoms with Crippen LogP contribution in [0.25, 0.3) is 0 Å². The van der Waals surface area contributed by atoms with Crippen LogP contribution in [0.4, 0.5) is 0 Å². The molecule has 2 aliphatic rings. The number of hydrogen-bond acceptors (Lipinski definition) is 5. The zero-order chi connectivity index (χ0) is 19.7. The maximum Gasteiger partial charge on any atom is 0.229 e. The van der Waals surface area contributed by atoms with Crippen LogP contribution in [0.2, 0.25) is 5.02 Å². The van der Waals surface area contributed by atoms with Gasteiger partial charge in [0.15, 0.2) is 5.82 Å². The van der Waals surface area contributed by atoms with Gasteiger partial charge in [-0.25, -0.2) is 0 Å². The maximum atomic E-state index is 13.1. The summed E-state index contributed by atoms with van der Waals surface area (Å²) < 4.78 is 11.1. The number of benzene rings is 1. The summed E-state index contributed by atoms with van der Waals surface area (Å²) in [7, 11) is 0. The topological polar surface area (TPSA) is 68.5 Å². The zero-order valence-electron chi connectivity index (χ0n) is 16.4. The lowest BCUT2D eigenvalue weighted by molar-refractivity contribution is -0.130. The van der Waals surface area contributed by atoms with Gasteiger partial charge in [0, 0.05) is 48.6 Å².